The van der Waals surface area contributed by atoms with Crippen LogP contribution in [0.5, 0.6) is 0 Å². The Hall–Kier alpha value is -0.260. The lowest BCUT2D eigenvalue weighted by atomic mass is 10.1. The van der Waals surface area contributed by atoms with Gasteiger partial charge in [-0.1, -0.05) is 6.92 Å². The second kappa shape index (κ2) is 3.48. The van der Waals surface area contributed by atoms with Crippen molar-refractivity contribution in [2.45, 2.75) is 32.2 Å². The smallest absolute Gasteiger partial charge is 0.135 e. The highest BCUT2D eigenvalue weighted by atomic mass is 127. The molecule has 4 heteroatoms. The number of halogens is 1. The van der Waals surface area contributed by atoms with Crippen LogP contribution in [0.4, 0.5) is 5.82 Å². The van der Waals surface area contributed by atoms with Crippen LogP contribution in [-0.2, 0) is 0 Å². The van der Waals surface area contributed by atoms with Gasteiger partial charge >= 0.3 is 0 Å². The third kappa shape index (κ3) is 1.68. The maximum Gasteiger partial charge on any atom is 0.135 e. The van der Waals surface area contributed by atoms with Crippen LogP contribution in [0.25, 0.3) is 0 Å². The second-order valence-corrected chi connectivity index (χ2v) is 5.06. The van der Waals surface area contributed by atoms with Crippen molar-refractivity contribution in [3.8, 4) is 0 Å². The molecule has 1 aromatic heterocycles. The summed E-state index contributed by atoms with van der Waals surface area (Å²) in [7, 11) is 0. The first kappa shape index (κ1) is 9.30. The highest BCUT2D eigenvalue weighted by molar-refractivity contribution is 14.1. The molecule has 2 unspecified atom stereocenters. The molecule has 0 aliphatic heterocycles. The van der Waals surface area contributed by atoms with E-state index in [0.717, 1.165) is 15.3 Å². The van der Waals surface area contributed by atoms with E-state index in [4.69, 9.17) is 5.73 Å². The zero-order chi connectivity index (χ0) is 9.42. The van der Waals surface area contributed by atoms with Crippen LogP contribution in [0.15, 0.2) is 6.20 Å². The van der Waals surface area contributed by atoms with Crippen LogP contribution in [0.2, 0.25) is 0 Å². The van der Waals surface area contributed by atoms with Crippen LogP contribution < -0.4 is 5.73 Å². The van der Waals surface area contributed by atoms with Gasteiger partial charge in [-0.15, -0.1) is 0 Å². The predicted molar refractivity (Wildman–Crippen MR) is 61.4 cm³/mol. The number of rotatable bonds is 1. The van der Waals surface area contributed by atoms with Gasteiger partial charge < -0.3 is 5.73 Å². The van der Waals surface area contributed by atoms with E-state index >= 15 is 0 Å². The van der Waals surface area contributed by atoms with Gasteiger partial charge in [0.2, 0.25) is 0 Å². The molecule has 1 saturated carbocycles. The first-order chi connectivity index (χ1) is 6.18. The van der Waals surface area contributed by atoms with Crippen molar-refractivity contribution >= 4 is 28.4 Å². The minimum Gasteiger partial charge on any atom is -0.383 e. The molecule has 3 nitrogen and oxygen atoms in total. The van der Waals surface area contributed by atoms with Gasteiger partial charge in [-0.2, -0.15) is 5.10 Å². The van der Waals surface area contributed by atoms with Gasteiger partial charge in [0.1, 0.15) is 5.82 Å². The second-order valence-electron chi connectivity index (χ2n) is 3.89. The number of aromatic nitrogens is 2. The number of nitrogens with two attached hydrogens (primary N) is 1. The van der Waals surface area contributed by atoms with Crippen LogP contribution in [0, 0.1) is 9.49 Å². The number of nitrogen functional groups attached to an aromatic ring is 1. The van der Waals surface area contributed by atoms with Gasteiger partial charge in [0.15, 0.2) is 0 Å². The number of hydrogen-bond acceptors (Lipinski definition) is 2. The Morgan fingerprint density at radius 1 is 1.62 bits per heavy atom. The summed E-state index contributed by atoms with van der Waals surface area (Å²) in [5.41, 5.74) is 5.92. The predicted octanol–water partition coefficient (Wildman–Crippen LogP) is 2.43. The summed E-state index contributed by atoms with van der Waals surface area (Å²) in [6.45, 7) is 2.30. The summed E-state index contributed by atoms with van der Waals surface area (Å²) >= 11 is 2.23. The fraction of sp³-hybridized carbons (Fsp3) is 0.667. The van der Waals surface area contributed by atoms with E-state index in [1.165, 1.54) is 19.3 Å². The van der Waals surface area contributed by atoms with E-state index in [0.29, 0.717) is 6.04 Å². The SMILES string of the molecule is CC1CCC(n2ncc(I)c2N)C1. The molecule has 2 rings (SSSR count). The van der Waals surface area contributed by atoms with Gasteiger partial charge in [0.25, 0.3) is 0 Å². The van der Waals surface area contributed by atoms with Crippen molar-refractivity contribution in [2.75, 3.05) is 5.73 Å². The number of hydrogen-bond donors (Lipinski definition) is 1. The number of nitrogens with zero attached hydrogens (tertiary/aromatic N) is 2. The van der Waals surface area contributed by atoms with Crippen molar-refractivity contribution in [2.24, 2.45) is 5.92 Å². The van der Waals surface area contributed by atoms with Crippen LogP contribution >= 0.6 is 22.6 Å². The lowest BCUT2D eigenvalue weighted by Crippen LogP contribution is -2.10. The molecule has 2 N–H and O–H groups in total. The minimum absolute atomic E-state index is 0.540. The summed E-state index contributed by atoms with van der Waals surface area (Å²) in [5, 5.41) is 4.32. The summed E-state index contributed by atoms with van der Waals surface area (Å²) in [4.78, 5) is 0. The third-order valence-electron chi connectivity index (χ3n) is 2.80. The van der Waals surface area contributed by atoms with Crippen LogP contribution in [0.3, 0.4) is 0 Å². The normalized spacial score (nSPS) is 28.2. The maximum atomic E-state index is 5.92. The molecule has 0 amide bonds. The Bertz CT molecular complexity index is 308. The summed E-state index contributed by atoms with van der Waals surface area (Å²) in [6.07, 6.45) is 5.60. The molecule has 2 atom stereocenters. The molecule has 1 heterocycles. The van der Waals surface area contributed by atoms with E-state index < -0.39 is 0 Å². The first-order valence-corrected chi connectivity index (χ1v) is 5.75. The molecule has 0 spiro atoms. The van der Waals surface area contributed by atoms with E-state index in [2.05, 4.69) is 34.6 Å². The Morgan fingerprint density at radius 3 is 2.85 bits per heavy atom. The Labute approximate surface area is 91.8 Å². The van der Waals surface area contributed by atoms with E-state index in [9.17, 15) is 0 Å². The Morgan fingerprint density at radius 2 is 2.38 bits per heavy atom. The highest BCUT2D eigenvalue weighted by Gasteiger charge is 2.24. The lowest BCUT2D eigenvalue weighted by molar-refractivity contribution is 0.456. The molecule has 72 valence electrons. The molecule has 0 aromatic carbocycles. The van der Waals surface area contributed by atoms with Crippen molar-refractivity contribution in [3.63, 3.8) is 0 Å². The zero-order valence-corrected chi connectivity index (χ0v) is 9.86. The quantitative estimate of drug-likeness (QED) is 0.808. The molecule has 1 aliphatic rings. The van der Waals surface area contributed by atoms with Crippen molar-refractivity contribution in [3.05, 3.63) is 9.77 Å². The van der Waals surface area contributed by atoms with Gasteiger partial charge in [0, 0.05) is 0 Å². The van der Waals surface area contributed by atoms with E-state index in [1.807, 2.05) is 10.9 Å². The number of anilines is 1. The molecule has 0 bridgehead atoms. The fourth-order valence-electron chi connectivity index (χ4n) is 2.04. The van der Waals surface area contributed by atoms with Gasteiger partial charge in [-0.05, 0) is 47.8 Å². The monoisotopic (exact) mass is 291 g/mol. The van der Waals surface area contributed by atoms with Crippen molar-refractivity contribution in [1.29, 1.82) is 0 Å². The average molecular weight is 291 g/mol. The molecule has 0 saturated heterocycles. The Balaban J connectivity index is 2.21. The van der Waals surface area contributed by atoms with Gasteiger partial charge in [0.05, 0.1) is 15.8 Å². The molecular formula is C9H14IN3. The molecular weight excluding hydrogens is 277 g/mol. The average Bonchev–Trinajstić information content (AvgIpc) is 2.62. The van der Waals surface area contributed by atoms with Gasteiger partial charge in [-0.25, -0.2) is 4.68 Å². The molecule has 1 aromatic rings. The van der Waals surface area contributed by atoms with E-state index in [-0.39, 0.29) is 0 Å². The molecule has 1 fully saturated rings. The first-order valence-electron chi connectivity index (χ1n) is 4.67. The Kier molecular flexibility index (Phi) is 2.49. The fourth-order valence-corrected chi connectivity index (χ4v) is 2.41. The zero-order valence-electron chi connectivity index (χ0n) is 7.70. The third-order valence-corrected chi connectivity index (χ3v) is 3.63. The topological polar surface area (TPSA) is 43.8 Å². The van der Waals surface area contributed by atoms with Crippen LogP contribution in [0.1, 0.15) is 32.2 Å². The lowest BCUT2D eigenvalue weighted by Gasteiger charge is -2.11. The summed E-state index contributed by atoms with van der Waals surface area (Å²) < 4.78 is 3.06. The molecule has 0 radical (unpaired) electrons. The maximum absolute atomic E-state index is 5.92. The standard InChI is InChI=1S/C9H14IN3/c1-6-2-3-7(4-6)13-9(11)8(10)5-12-13/h5-7H,2-4,11H2,1H3. The van der Waals surface area contributed by atoms with Crippen molar-refractivity contribution < 1.29 is 0 Å². The van der Waals surface area contributed by atoms with Crippen LogP contribution in [-0.4, -0.2) is 9.78 Å². The van der Waals surface area contributed by atoms with E-state index in [1.54, 1.807) is 0 Å². The van der Waals surface area contributed by atoms with Gasteiger partial charge in [-0.3, -0.25) is 0 Å². The summed E-state index contributed by atoms with van der Waals surface area (Å²) in [5.74, 6) is 1.66. The molecule has 13 heavy (non-hydrogen) atoms. The minimum atomic E-state index is 0.540. The molecule has 1 aliphatic carbocycles. The largest absolute Gasteiger partial charge is 0.383 e. The summed E-state index contributed by atoms with van der Waals surface area (Å²) in [6, 6.07) is 0.540. The van der Waals surface area contributed by atoms with Crippen molar-refractivity contribution in [1.82, 2.24) is 9.78 Å². The highest BCUT2D eigenvalue weighted by Crippen LogP contribution is 2.35.